The van der Waals surface area contributed by atoms with Crippen LogP contribution in [-0.2, 0) is 29.3 Å². The van der Waals surface area contributed by atoms with Gasteiger partial charge in [-0.05, 0) is 32.3 Å². The SMILES string of the molecule is CCOC(=O)C1=S=C2N(CCCC2(C(=O)OCC)c2ccccc2)C1=O. The molecule has 0 saturated carbocycles. The maximum Gasteiger partial charge on any atom is 0.354 e. The molecule has 0 N–H and O–H groups in total. The van der Waals surface area contributed by atoms with E-state index in [-0.39, 0.29) is 18.1 Å². The lowest BCUT2D eigenvalue weighted by Gasteiger charge is -2.40. The van der Waals surface area contributed by atoms with Gasteiger partial charge in [-0.15, -0.1) is 10.9 Å². The minimum Gasteiger partial charge on any atom is -0.465 e. The molecule has 138 valence electrons. The average molecular weight is 375 g/mol. The molecule has 0 aromatic heterocycles. The summed E-state index contributed by atoms with van der Waals surface area (Å²) in [5, 5.41) is 0. The highest BCUT2D eigenvalue weighted by molar-refractivity contribution is 8.01. The zero-order chi connectivity index (χ0) is 18.7. The van der Waals surface area contributed by atoms with E-state index in [0.29, 0.717) is 24.4 Å². The number of benzene rings is 1. The molecule has 0 aliphatic carbocycles. The fraction of sp³-hybridized carbons (Fsp3) is 0.421. The minimum absolute atomic E-state index is 0.00774. The van der Waals surface area contributed by atoms with E-state index < -0.39 is 23.3 Å². The Bertz CT molecular complexity index is 802. The Hall–Kier alpha value is -2.41. The summed E-state index contributed by atoms with van der Waals surface area (Å²) in [4.78, 5) is 40.1. The third kappa shape index (κ3) is 2.86. The second-order valence-corrected chi connectivity index (χ2v) is 7.01. The predicted molar refractivity (Wildman–Crippen MR) is 99.9 cm³/mol. The fourth-order valence-electron chi connectivity index (χ4n) is 3.42. The van der Waals surface area contributed by atoms with Gasteiger partial charge in [-0.25, -0.2) is 4.79 Å². The predicted octanol–water partition coefficient (Wildman–Crippen LogP) is 1.72. The molecule has 2 aliphatic rings. The summed E-state index contributed by atoms with van der Waals surface area (Å²) < 4.78 is 10.4. The van der Waals surface area contributed by atoms with E-state index in [0.717, 1.165) is 16.5 Å². The van der Waals surface area contributed by atoms with Crippen LogP contribution in [-0.4, -0.2) is 52.4 Å². The van der Waals surface area contributed by atoms with Crippen molar-refractivity contribution in [2.45, 2.75) is 32.1 Å². The van der Waals surface area contributed by atoms with E-state index >= 15 is 0 Å². The molecular formula is C19H21NO5S. The molecular weight excluding hydrogens is 354 g/mol. The molecule has 1 atom stereocenters. The van der Waals surface area contributed by atoms with Gasteiger partial charge in [0.2, 0.25) is 0 Å². The topological polar surface area (TPSA) is 72.9 Å². The van der Waals surface area contributed by atoms with Gasteiger partial charge in [-0.2, -0.15) is 0 Å². The van der Waals surface area contributed by atoms with Crippen molar-refractivity contribution in [3.05, 3.63) is 35.9 Å². The second kappa shape index (κ2) is 7.45. The number of hydrogen-bond donors (Lipinski definition) is 0. The van der Waals surface area contributed by atoms with Gasteiger partial charge in [0.05, 0.1) is 18.2 Å². The number of carbonyl (C=O) groups is 3. The van der Waals surface area contributed by atoms with Crippen LogP contribution in [0.15, 0.2) is 30.3 Å². The standard InChI is InChI=1S/C19H21NO5S/c1-3-24-16(22)14-15(21)20-12-8-11-19(17(20)26-14,18(23)25-4-2)13-9-6-5-7-10-13/h5-7,9-10H,3-4,8,11-12H2,1-2H3. The molecule has 6 nitrogen and oxygen atoms in total. The lowest BCUT2D eigenvalue weighted by atomic mass is 9.73. The normalized spacial score (nSPS) is 21.9. The Labute approximate surface area is 155 Å². The molecule has 0 radical (unpaired) electrons. The van der Waals surface area contributed by atoms with Crippen LogP contribution < -0.4 is 0 Å². The maximum absolute atomic E-state index is 13.1. The first kappa shape index (κ1) is 18.4. The van der Waals surface area contributed by atoms with Crippen LogP contribution in [0.1, 0.15) is 32.3 Å². The van der Waals surface area contributed by atoms with E-state index in [9.17, 15) is 14.4 Å². The van der Waals surface area contributed by atoms with Crippen molar-refractivity contribution in [2.75, 3.05) is 19.8 Å². The summed E-state index contributed by atoms with van der Waals surface area (Å²) in [6.45, 7) is 4.35. The highest BCUT2D eigenvalue weighted by Crippen LogP contribution is 2.40. The Kier molecular flexibility index (Phi) is 5.27. The van der Waals surface area contributed by atoms with Gasteiger partial charge in [-0.3, -0.25) is 9.59 Å². The number of esters is 2. The summed E-state index contributed by atoms with van der Waals surface area (Å²) >= 11 is 0. The zero-order valence-electron chi connectivity index (χ0n) is 14.8. The van der Waals surface area contributed by atoms with Gasteiger partial charge in [0, 0.05) is 6.54 Å². The van der Waals surface area contributed by atoms with Crippen LogP contribution >= 0.6 is 10.9 Å². The van der Waals surface area contributed by atoms with Crippen molar-refractivity contribution in [1.82, 2.24) is 4.90 Å². The Morgan fingerprint density at radius 2 is 1.85 bits per heavy atom. The van der Waals surface area contributed by atoms with E-state index in [4.69, 9.17) is 9.47 Å². The highest BCUT2D eigenvalue weighted by atomic mass is 32.1. The number of amides is 1. The molecule has 0 spiro atoms. The Balaban J connectivity index is 2.20. The smallest absolute Gasteiger partial charge is 0.354 e. The largest absolute Gasteiger partial charge is 0.465 e. The average Bonchev–Trinajstić information content (AvgIpc) is 3.00. The van der Waals surface area contributed by atoms with Crippen LogP contribution in [0.5, 0.6) is 0 Å². The quantitative estimate of drug-likeness (QED) is 0.579. The highest BCUT2D eigenvalue weighted by Gasteiger charge is 2.53. The lowest BCUT2D eigenvalue weighted by molar-refractivity contribution is -0.148. The minimum atomic E-state index is -1.08. The number of carbonyl (C=O) groups excluding carboxylic acids is 3. The van der Waals surface area contributed by atoms with Crippen molar-refractivity contribution < 1.29 is 23.9 Å². The fourth-order valence-corrected chi connectivity index (χ4v) is 4.71. The summed E-state index contributed by atoms with van der Waals surface area (Å²) in [7, 11) is 1.04. The van der Waals surface area contributed by atoms with Crippen molar-refractivity contribution in [1.29, 1.82) is 0 Å². The monoisotopic (exact) mass is 375 g/mol. The molecule has 2 heterocycles. The molecule has 0 bridgehead atoms. The van der Waals surface area contributed by atoms with Crippen LogP contribution in [0.3, 0.4) is 0 Å². The van der Waals surface area contributed by atoms with Crippen molar-refractivity contribution in [3.63, 3.8) is 0 Å². The molecule has 1 aromatic rings. The van der Waals surface area contributed by atoms with Gasteiger partial charge in [-0.1, -0.05) is 30.3 Å². The molecule has 1 aromatic carbocycles. The number of piperidine rings is 1. The van der Waals surface area contributed by atoms with Gasteiger partial charge >= 0.3 is 11.9 Å². The van der Waals surface area contributed by atoms with E-state index in [1.54, 1.807) is 13.8 Å². The summed E-state index contributed by atoms with van der Waals surface area (Å²) in [5.41, 5.74) is -0.312. The van der Waals surface area contributed by atoms with Crippen LogP contribution in [0.4, 0.5) is 0 Å². The Morgan fingerprint density at radius 1 is 1.15 bits per heavy atom. The molecule has 1 unspecified atom stereocenters. The first-order chi connectivity index (χ1) is 12.6. The number of nitrogens with zero attached hydrogens (tertiary/aromatic N) is 1. The third-order valence-corrected chi connectivity index (χ3v) is 5.84. The molecule has 2 aliphatic heterocycles. The number of ether oxygens (including phenoxy) is 2. The molecule has 7 heteroatoms. The molecule has 26 heavy (non-hydrogen) atoms. The van der Waals surface area contributed by atoms with Crippen LogP contribution in [0.25, 0.3) is 0 Å². The third-order valence-electron chi connectivity index (χ3n) is 4.53. The van der Waals surface area contributed by atoms with Crippen molar-refractivity contribution in [3.8, 4) is 0 Å². The number of fused-ring (bicyclic) bond motifs is 1. The van der Waals surface area contributed by atoms with E-state index in [1.807, 2.05) is 30.3 Å². The van der Waals surface area contributed by atoms with Gasteiger partial charge in [0.15, 0.2) is 4.86 Å². The lowest BCUT2D eigenvalue weighted by Crippen LogP contribution is -2.56. The molecule has 1 amide bonds. The van der Waals surface area contributed by atoms with E-state index in [1.165, 1.54) is 4.90 Å². The first-order valence-electron chi connectivity index (χ1n) is 8.70. The number of hydrogen-bond acceptors (Lipinski definition) is 5. The van der Waals surface area contributed by atoms with Crippen molar-refractivity contribution >= 4 is 38.6 Å². The van der Waals surface area contributed by atoms with Gasteiger partial charge in [0.25, 0.3) is 5.91 Å². The van der Waals surface area contributed by atoms with Crippen molar-refractivity contribution in [2.24, 2.45) is 0 Å². The summed E-state index contributed by atoms with van der Waals surface area (Å²) in [5.74, 6) is -1.43. The second-order valence-electron chi connectivity index (χ2n) is 6.01. The van der Waals surface area contributed by atoms with E-state index in [2.05, 4.69) is 0 Å². The molecule has 1 fully saturated rings. The van der Waals surface area contributed by atoms with Gasteiger partial charge < -0.3 is 14.4 Å². The maximum atomic E-state index is 13.1. The molecule has 1 saturated heterocycles. The van der Waals surface area contributed by atoms with Crippen LogP contribution in [0, 0.1) is 0 Å². The first-order valence-corrected chi connectivity index (χ1v) is 9.51. The van der Waals surface area contributed by atoms with Crippen LogP contribution in [0.2, 0.25) is 0 Å². The summed E-state index contributed by atoms with van der Waals surface area (Å²) in [6.07, 6.45) is 1.16. The zero-order valence-corrected chi connectivity index (χ0v) is 15.6. The number of rotatable bonds is 5. The summed E-state index contributed by atoms with van der Waals surface area (Å²) in [6, 6.07) is 9.30. The Morgan fingerprint density at radius 3 is 2.50 bits per heavy atom. The molecule has 3 rings (SSSR count). The van der Waals surface area contributed by atoms with Gasteiger partial charge in [0.1, 0.15) is 5.41 Å².